The molecule has 6 heteroatoms. The molecule has 0 bridgehead atoms. The maximum Gasteiger partial charge on any atom is 0.304 e. The number of hydrogen-bond acceptors (Lipinski definition) is 5. The fourth-order valence-corrected chi connectivity index (χ4v) is 2.84. The number of benzene rings is 1. The Morgan fingerprint density at radius 3 is 2.58 bits per heavy atom. The van der Waals surface area contributed by atoms with Crippen molar-refractivity contribution in [1.29, 1.82) is 0 Å². The van der Waals surface area contributed by atoms with Crippen LogP contribution in [0.1, 0.15) is 61.9 Å². The van der Waals surface area contributed by atoms with Gasteiger partial charge in [0.15, 0.2) is 5.78 Å². The highest BCUT2D eigenvalue weighted by Crippen LogP contribution is 2.33. The van der Waals surface area contributed by atoms with Crippen molar-refractivity contribution in [3.63, 3.8) is 0 Å². The number of rotatable bonds is 11. The van der Waals surface area contributed by atoms with Gasteiger partial charge in [0, 0.05) is 10.8 Å². The first-order chi connectivity index (χ1) is 11.4. The van der Waals surface area contributed by atoms with E-state index in [-0.39, 0.29) is 23.2 Å². The molecular formula is C18H26O5S. The lowest BCUT2D eigenvalue weighted by molar-refractivity contribution is -0.137. The number of carboxylic acids is 1. The van der Waals surface area contributed by atoms with Crippen molar-refractivity contribution < 1.29 is 24.5 Å². The Morgan fingerprint density at radius 2 is 2.00 bits per heavy atom. The quantitative estimate of drug-likeness (QED) is 0.319. The number of aliphatic carboxylic acids is 1. The van der Waals surface area contributed by atoms with Gasteiger partial charge in [-0.2, -0.15) is 12.6 Å². The number of hydrogen-bond donors (Lipinski definition) is 3. The lowest BCUT2D eigenvalue weighted by atomic mass is 10.0. The Bertz CT molecular complexity index is 571. The van der Waals surface area contributed by atoms with E-state index in [9.17, 15) is 14.7 Å². The molecule has 1 unspecified atom stereocenters. The van der Waals surface area contributed by atoms with Crippen LogP contribution in [0.15, 0.2) is 12.1 Å². The molecule has 0 aliphatic heterocycles. The van der Waals surface area contributed by atoms with Crippen molar-refractivity contribution in [3.8, 4) is 11.5 Å². The number of carbonyl (C=O) groups is 2. The average Bonchev–Trinajstić information content (AvgIpc) is 2.49. The van der Waals surface area contributed by atoms with E-state index in [1.807, 2.05) is 6.92 Å². The van der Waals surface area contributed by atoms with Gasteiger partial charge in [0.1, 0.15) is 11.5 Å². The third kappa shape index (κ3) is 6.43. The van der Waals surface area contributed by atoms with Gasteiger partial charge in [0.05, 0.1) is 18.6 Å². The van der Waals surface area contributed by atoms with Crippen LogP contribution in [0.5, 0.6) is 11.5 Å². The Labute approximate surface area is 148 Å². The summed E-state index contributed by atoms with van der Waals surface area (Å²) in [4.78, 5) is 22.1. The number of carbonyl (C=O) groups excluding carboxylic acids is 1. The molecule has 2 N–H and O–H groups in total. The van der Waals surface area contributed by atoms with Gasteiger partial charge in [-0.25, -0.2) is 0 Å². The molecule has 0 aliphatic rings. The molecule has 1 aromatic carbocycles. The summed E-state index contributed by atoms with van der Waals surface area (Å²) >= 11 is 4.24. The SMILES string of the molecule is CCCc1c(OCCCCC(S)CC(=O)O)ccc(C(C)=O)c1O. The lowest BCUT2D eigenvalue weighted by Gasteiger charge is -2.15. The van der Waals surface area contributed by atoms with Gasteiger partial charge < -0.3 is 14.9 Å². The number of phenolic OH excluding ortho intramolecular Hbond substituents is 1. The molecule has 0 radical (unpaired) electrons. The highest BCUT2D eigenvalue weighted by atomic mass is 32.1. The molecule has 0 aliphatic carbocycles. The van der Waals surface area contributed by atoms with Crippen LogP contribution < -0.4 is 4.74 Å². The third-order valence-electron chi connectivity index (χ3n) is 3.72. The lowest BCUT2D eigenvalue weighted by Crippen LogP contribution is -2.08. The average molecular weight is 354 g/mol. The number of ketones is 1. The van der Waals surface area contributed by atoms with E-state index < -0.39 is 5.97 Å². The van der Waals surface area contributed by atoms with Gasteiger partial charge in [0.25, 0.3) is 0 Å². The molecule has 0 spiro atoms. The standard InChI is InChI=1S/C18H26O5S/c1-3-6-15-16(9-8-14(12(2)19)18(15)22)23-10-5-4-7-13(24)11-17(20)21/h8-9,13,22,24H,3-7,10-11H2,1-2H3,(H,20,21). The molecule has 24 heavy (non-hydrogen) atoms. The number of phenols is 1. The summed E-state index contributed by atoms with van der Waals surface area (Å²) in [6.45, 7) is 3.90. The minimum Gasteiger partial charge on any atom is -0.507 e. The van der Waals surface area contributed by atoms with Gasteiger partial charge in [-0.1, -0.05) is 13.3 Å². The highest BCUT2D eigenvalue weighted by Gasteiger charge is 2.16. The summed E-state index contributed by atoms with van der Waals surface area (Å²) in [6.07, 6.45) is 3.85. The predicted octanol–water partition coefficient (Wildman–Crippen LogP) is 3.87. The number of carboxylic acid groups (broad SMARTS) is 1. The minimum absolute atomic E-state index is 0.0127. The van der Waals surface area contributed by atoms with Crippen molar-refractivity contribution >= 4 is 24.4 Å². The Balaban J connectivity index is 2.57. The van der Waals surface area contributed by atoms with Crippen LogP contribution in [0.25, 0.3) is 0 Å². The maximum absolute atomic E-state index is 11.5. The molecule has 0 saturated heterocycles. The second-order valence-corrected chi connectivity index (χ2v) is 6.57. The van der Waals surface area contributed by atoms with Gasteiger partial charge in [-0.05, 0) is 44.7 Å². The Kier molecular flexibility index (Phi) is 8.68. The fraction of sp³-hybridized carbons (Fsp3) is 0.556. The minimum atomic E-state index is -0.837. The second kappa shape index (κ2) is 10.2. The summed E-state index contributed by atoms with van der Waals surface area (Å²) in [5.41, 5.74) is 0.987. The third-order valence-corrected chi connectivity index (χ3v) is 4.16. The molecule has 5 nitrogen and oxygen atoms in total. The number of unbranched alkanes of at least 4 members (excludes halogenated alkanes) is 1. The Hall–Kier alpha value is -1.69. The first kappa shape index (κ1) is 20.4. The molecule has 1 atom stereocenters. The zero-order valence-corrected chi connectivity index (χ0v) is 15.1. The van der Waals surface area contributed by atoms with Gasteiger partial charge in [0.2, 0.25) is 0 Å². The maximum atomic E-state index is 11.5. The topological polar surface area (TPSA) is 83.8 Å². The van der Waals surface area contributed by atoms with Crippen molar-refractivity contribution in [3.05, 3.63) is 23.3 Å². The van der Waals surface area contributed by atoms with Crippen molar-refractivity contribution in [2.24, 2.45) is 0 Å². The molecular weight excluding hydrogens is 328 g/mol. The summed E-state index contributed by atoms with van der Waals surface area (Å²) < 4.78 is 5.76. The van der Waals surface area contributed by atoms with Crippen molar-refractivity contribution in [2.75, 3.05) is 6.61 Å². The number of Topliss-reactive ketones (excluding diaryl/α,β-unsaturated/α-hetero) is 1. The highest BCUT2D eigenvalue weighted by molar-refractivity contribution is 7.81. The molecule has 0 fully saturated rings. The second-order valence-electron chi connectivity index (χ2n) is 5.84. The zero-order valence-electron chi connectivity index (χ0n) is 14.2. The van der Waals surface area contributed by atoms with Crippen molar-refractivity contribution in [1.82, 2.24) is 0 Å². The first-order valence-corrected chi connectivity index (χ1v) is 8.76. The smallest absolute Gasteiger partial charge is 0.304 e. The van der Waals surface area contributed by atoms with E-state index in [0.717, 1.165) is 25.7 Å². The van der Waals surface area contributed by atoms with Crippen LogP contribution in [0.4, 0.5) is 0 Å². The molecule has 1 rings (SSSR count). The monoisotopic (exact) mass is 354 g/mol. The summed E-state index contributed by atoms with van der Waals surface area (Å²) in [7, 11) is 0. The van der Waals surface area contributed by atoms with E-state index in [0.29, 0.717) is 29.9 Å². The van der Waals surface area contributed by atoms with Crippen LogP contribution in [-0.4, -0.2) is 33.8 Å². The number of aromatic hydroxyl groups is 1. The van der Waals surface area contributed by atoms with Crippen LogP contribution in [-0.2, 0) is 11.2 Å². The predicted molar refractivity (Wildman–Crippen MR) is 96.5 cm³/mol. The first-order valence-electron chi connectivity index (χ1n) is 8.25. The summed E-state index contributed by atoms with van der Waals surface area (Å²) in [5.74, 6) is -0.391. The van der Waals surface area contributed by atoms with Crippen LogP contribution in [0.2, 0.25) is 0 Å². The van der Waals surface area contributed by atoms with Gasteiger partial charge in [-0.3, -0.25) is 9.59 Å². The summed E-state index contributed by atoms with van der Waals surface area (Å²) in [5, 5.41) is 18.8. The van der Waals surface area contributed by atoms with Gasteiger partial charge in [-0.15, -0.1) is 0 Å². The van der Waals surface area contributed by atoms with Crippen molar-refractivity contribution in [2.45, 2.75) is 57.6 Å². The molecule has 134 valence electrons. The molecule has 0 saturated carbocycles. The van der Waals surface area contributed by atoms with E-state index in [1.54, 1.807) is 12.1 Å². The van der Waals surface area contributed by atoms with E-state index in [2.05, 4.69) is 12.6 Å². The van der Waals surface area contributed by atoms with E-state index in [1.165, 1.54) is 6.92 Å². The zero-order chi connectivity index (χ0) is 18.1. The fourth-order valence-electron chi connectivity index (χ4n) is 2.50. The van der Waals surface area contributed by atoms with Gasteiger partial charge >= 0.3 is 5.97 Å². The molecule has 1 aromatic rings. The Morgan fingerprint density at radius 1 is 1.29 bits per heavy atom. The normalized spacial score (nSPS) is 12.0. The molecule has 0 amide bonds. The molecule has 0 aromatic heterocycles. The largest absolute Gasteiger partial charge is 0.507 e. The number of thiol groups is 1. The number of ether oxygens (including phenoxy) is 1. The van der Waals surface area contributed by atoms with E-state index in [4.69, 9.17) is 9.84 Å². The summed E-state index contributed by atoms with van der Waals surface area (Å²) in [6, 6.07) is 3.32. The van der Waals surface area contributed by atoms with Crippen LogP contribution in [0, 0.1) is 0 Å². The van der Waals surface area contributed by atoms with Crippen LogP contribution >= 0.6 is 12.6 Å². The molecule has 0 heterocycles. The van der Waals surface area contributed by atoms with E-state index >= 15 is 0 Å². The van der Waals surface area contributed by atoms with Crippen LogP contribution in [0.3, 0.4) is 0 Å².